The number of aromatic nitrogens is 2. The molecule has 6 nitrogen and oxygen atoms in total. The van der Waals surface area contributed by atoms with Crippen molar-refractivity contribution in [2.24, 2.45) is 11.3 Å². The molecule has 3 N–H and O–H groups in total. The third kappa shape index (κ3) is 3.90. The summed E-state index contributed by atoms with van der Waals surface area (Å²) in [5, 5.41) is 15.5. The molecule has 0 atom stereocenters. The number of nitrogens with zero attached hydrogens (tertiary/aromatic N) is 3. The van der Waals surface area contributed by atoms with Crippen LogP contribution in [0.5, 0.6) is 0 Å². The molecule has 0 bridgehead atoms. The van der Waals surface area contributed by atoms with Crippen LogP contribution in [0.2, 0.25) is 0 Å². The predicted octanol–water partition coefficient (Wildman–Crippen LogP) is 3.41. The predicted molar refractivity (Wildman–Crippen MR) is 97.0 cm³/mol. The number of benzene rings is 1. The fourth-order valence-electron chi connectivity index (χ4n) is 3.66. The normalized spacial score (nSPS) is 16.3. The molecule has 152 valence electrons. The third-order valence-corrected chi connectivity index (χ3v) is 5.02. The average Bonchev–Trinajstić information content (AvgIpc) is 2.90. The van der Waals surface area contributed by atoms with Crippen molar-refractivity contribution in [3.05, 3.63) is 46.3 Å². The first-order chi connectivity index (χ1) is 12.9. The van der Waals surface area contributed by atoms with Crippen LogP contribution in [0.3, 0.4) is 0 Å². The number of fused-ring (bicyclic) bond motifs is 1. The van der Waals surface area contributed by atoms with Crippen LogP contribution in [-0.2, 0) is 25.6 Å². The zero-order chi connectivity index (χ0) is 20.9. The van der Waals surface area contributed by atoms with Crippen LogP contribution in [0.15, 0.2) is 18.2 Å². The Kier molecular flexibility index (Phi) is 5.01. The number of rotatable bonds is 4. The van der Waals surface area contributed by atoms with Crippen molar-refractivity contribution in [3.8, 4) is 5.69 Å². The standard InChI is InChI=1S/C19H23F3N4O2/c1-18(2)7-6-14-13(9-18)16(17(27)28)26(24-14)15-5-4-12(19(20,21)22)8-11(15)10-25(3)23/h4-5,8H,6-7,9-10,23H2,1-3H3,(H,27,28). The molecule has 1 aromatic heterocycles. The van der Waals surface area contributed by atoms with Crippen LogP contribution < -0.4 is 5.84 Å². The Balaban J connectivity index is 2.21. The zero-order valence-electron chi connectivity index (χ0n) is 16.0. The van der Waals surface area contributed by atoms with Crippen molar-refractivity contribution in [2.45, 2.75) is 45.8 Å². The Morgan fingerprint density at radius 2 is 2.07 bits per heavy atom. The average molecular weight is 396 g/mol. The number of alkyl halides is 3. The first-order valence-electron chi connectivity index (χ1n) is 8.89. The summed E-state index contributed by atoms with van der Waals surface area (Å²) in [6.07, 6.45) is -2.47. The molecule has 1 heterocycles. The Morgan fingerprint density at radius 3 is 2.64 bits per heavy atom. The quantitative estimate of drug-likeness (QED) is 0.611. The van der Waals surface area contributed by atoms with E-state index in [1.807, 2.05) is 0 Å². The van der Waals surface area contributed by atoms with E-state index >= 15 is 0 Å². The van der Waals surface area contributed by atoms with E-state index in [1.54, 1.807) is 0 Å². The van der Waals surface area contributed by atoms with Crippen LogP contribution in [0.1, 0.15) is 53.1 Å². The second kappa shape index (κ2) is 6.89. The molecule has 3 rings (SSSR count). The van der Waals surface area contributed by atoms with Crippen molar-refractivity contribution >= 4 is 5.97 Å². The molecule has 0 aliphatic heterocycles. The first-order valence-corrected chi connectivity index (χ1v) is 8.89. The smallest absolute Gasteiger partial charge is 0.416 e. The Morgan fingerprint density at radius 1 is 1.39 bits per heavy atom. The van der Waals surface area contributed by atoms with Gasteiger partial charge in [-0.15, -0.1) is 0 Å². The van der Waals surface area contributed by atoms with Crippen molar-refractivity contribution in [2.75, 3.05) is 7.05 Å². The van der Waals surface area contributed by atoms with E-state index in [0.29, 0.717) is 24.1 Å². The molecular weight excluding hydrogens is 373 g/mol. The monoisotopic (exact) mass is 396 g/mol. The highest BCUT2D eigenvalue weighted by atomic mass is 19.4. The lowest BCUT2D eigenvalue weighted by Gasteiger charge is -2.28. The second-order valence-corrected chi connectivity index (χ2v) is 8.09. The molecule has 0 amide bonds. The van der Waals surface area contributed by atoms with Gasteiger partial charge in [0.25, 0.3) is 0 Å². The van der Waals surface area contributed by atoms with Gasteiger partial charge in [-0.05, 0) is 48.4 Å². The maximum absolute atomic E-state index is 13.2. The molecule has 28 heavy (non-hydrogen) atoms. The van der Waals surface area contributed by atoms with E-state index in [-0.39, 0.29) is 28.9 Å². The molecule has 0 radical (unpaired) electrons. The number of hydrogen-bond donors (Lipinski definition) is 2. The van der Waals surface area contributed by atoms with Gasteiger partial charge < -0.3 is 5.11 Å². The van der Waals surface area contributed by atoms with Gasteiger partial charge in [0.15, 0.2) is 5.69 Å². The summed E-state index contributed by atoms with van der Waals surface area (Å²) < 4.78 is 40.7. The summed E-state index contributed by atoms with van der Waals surface area (Å²) in [4.78, 5) is 12.0. The number of hydrazine groups is 1. The molecule has 0 saturated heterocycles. The minimum absolute atomic E-state index is 0.00320. The highest BCUT2D eigenvalue weighted by Crippen LogP contribution is 2.38. The van der Waals surface area contributed by atoms with Crippen molar-refractivity contribution in [3.63, 3.8) is 0 Å². The molecular formula is C19H23F3N4O2. The van der Waals surface area contributed by atoms with Gasteiger partial charge >= 0.3 is 12.1 Å². The number of hydrogen-bond acceptors (Lipinski definition) is 4. The lowest BCUT2D eigenvalue weighted by Crippen LogP contribution is -2.26. The highest BCUT2D eigenvalue weighted by Gasteiger charge is 2.35. The van der Waals surface area contributed by atoms with E-state index < -0.39 is 17.7 Å². The number of aryl methyl sites for hydroxylation is 1. The van der Waals surface area contributed by atoms with E-state index in [1.165, 1.54) is 22.8 Å². The molecule has 2 aromatic rings. The van der Waals surface area contributed by atoms with Gasteiger partial charge in [-0.2, -0.15) is 18.3 Å². The molecule has 1 aromatic carbocycles. The topological polar surface area (TPSA) is 84.4 Å². The SMILES string of the molecule is CN(N)Cc1cc(C(F)(F)F)ccc1-n1nc2c(c1C(=O)O)CC(C)(C)CC2. The summed E-state index contributed by atoms with van der Waals surface area (Å²) in [7, 11) is 1.53. The molecule has 1 aliphatic carbocycles. The molecule has 0 spiro atoms. The maximum atomic E-state index is 13.2. The molecule has 1 aliphatic rings. The number of nitrogens with two attached hydrogens (primary N) is 1. The number of carbonyl (C=O) groups is 1. The molecule has 0 saturated carbocycles. The lowest BCUT2D eigenvalue weighted by molar-refractivity contribution is -0.137. The van der Waals surface area contributed by atoms with E-state index in [2.05, 4.69) is 18.9 Å². The van der Waals surface area contributed by atoms with E-state index in [0.717, 1.165) is 18.6 Å². The first kappa shape index (κ1) is 20.3. The van der Waals surface area contributed by atoms with Crippen molar-refractivity contribution < 1.29 is 23.1 Å². The number of aromatic carboxylic acids is 1. The van der Waals surface area contributed by atoms with Gasteiger partial charge in [0.2, 0.25) is 0 Å². The number of carboxylic acid groups (broad SMARTS) is 1. The number of carboxylic acids is 1. The van der Waals surface area contributed by atoms with Gasteiger partial charge in [-0.1, -0.05) is 13.8 Å². The third-order valence-electron chi connectivity index (χ3n) is 5.02. The van der Waals surface area contributed by atoms with Gasteiger partial charge in [-0.3, -0.25) is 5.84 Å². The van der Waals surface area contributed by atoms with Crippen LogP contribution in [0, 0.1) is 5.41 Å². The van der Waals surface area contributed by atoms with E-state index in [4.69, 9.17) is 5.84 Å². The van der Waals surface area contributed by atoms with Crippen LogP contribution in [0.4, 0.5) is 13.2 Å². The summed E-state index contributed by atoms with van der Waals surface area (Å²) in [6.45, 7) is 4.13. The highest BCUT2D eigenvalue weighted by molar-refractivity contribution is 5.89. The largest absolute Gasteiger partial charge is 0.476 e. The zero-order valence-corrected chi connectivity index (χ0v) is 16.0. The number of halogens is 3. The Hall–Kier alpha value is -2.39. The lowest BCUT2D eigenvalue weighted by atomic mass is 9.76. The molecule has 0 fully saturated rings. The summed E-state index contributed by atoms with van der Waals surface area (Å²) >= 11 is 0. The fraction of sp³-hybridized carbons (Fsp3) is 0.474. The minimum Gasteiger partial charge on any atom is -0.476 e. The van der Waals surface area contributed by atoms with Crippen molar-refractivity contribution in [1.29, 1.82) is 0 Å². The van der Waals surface area contributed by atoms with Gasteiger partial charge in [-0.25, -0.2) is 14.5 Å². The molecule has 9 heteroatoms. The Bertz CT molecular complexity index is 917. The summed E-state index contributed by atoms with van der Waals surface area (Å²) in [6, 6.07) is 3.19. The second-order valence-electron chi connectivity index (χ2n) is 8.09. The van der Waals surface area contributed by atoms with Gasteiger partial charge in [0.1, 0.15) is 0 Å². The maximum Gasteiger partial charge on any atom is 0.416 e. The minimum atomic E-state index is -4.51. The van der Waals surface area contributed by atoms with Gasteiger partial charge in [0, 0.05) is 19.2 Å². The van der Waals surface area contributed by atoms with Gasteiger partial charge in [0.05, 0.1) is 16.9 Å². The van der Waals surface area contributed by atoms with Crippen LogP contribution >= 0.6 is 0 Å². The van der Waals surface area contributed by atoms with Crippen LogP contribution in [0.25, 0.3) is 5.69 Å². The Labute approximate surface area is 160 Å². The summed E-state index contributed by atoms with van der Waals surface area (Å²) in [5.41, 5.74) is 0.994. The van der Waals surface area contributed by atoms with Crippen molar-refractivity contribution in [1.82, 2.24) is 14.8 Å². The summed E-state index contributed by atoms with van der Waals surface area (Å²) in [5.74, 6) is 4.51. The van der Waals surface area contributed by atoms with Crippen LogP contribution in [-0.4, -0.2) is 32.9 Å². The fourth-order valence-corrected chi connectivity index (χ4v) is 3.66. The molecule has 0 unspecified atom stereocenters. The van der Waals surface area contributed by atoms with E-state index in [9.17, 15) is 23.1 Å².